The molecule has 0 unspecified atom stereocenters. The minimum absolute atomic E-state index is 0.0829. The fourth-order valence-corrected chi connectivity index (χ4v) is 5.30. The second-order valence-corrected chi connectivity index (χ2v) is 9.27. The number of nitrogens with zero attached hydrogens (tertiary/aromatic N) is 6. The van der Waals surface area contributed by atoms with E-state index in [9.17, 15) is 4.79 Å². The van der Waals surface area contributed by atoms with E-state index in [1.165, 1.54) is 0 Å². The molecule has 1 N–H and O–H groups in total. The van der Waals surface area contributed by atoms with E-state index in [0.29, 0.717) is 11.6 Å². The molecule has 4 aromatic heterocycles. The maximum absolute atomic E-state index is 13.4. The number of aromatic nitrogens is 4. The van der Waals surface area contributed by atoms with Crippen LogP contribution in [-0.2, 0) is 0 Å². The predicted molar refractivity (Wildman–Crippen MR) is 128 cm³/mol. The maximum atomic E-state index is 13.4. The maximum Gasteiger partial charge on any atom is 0.257 e. The van der Waals surface area contributed by atoms with Crippen LogP contribution < -0.4 is 0 Å². The van der Waals surface area contributed by atoms with Crippen molar-refractivity contribution in [3.05, 3.63) is 54.6 Å². The quantitative estimate of drug-likeness (QED) is 0.527. The van der Waals surface area contributed by atoms with Crippen LogP contribution in [0.1, 0.15) is 23.2 Å². The van der Waals surface area contributed by atoms with E-state index in [1.54, 1.807) is 16.9 Å². The van der Waals surface area contributed by atoms with E-state index in [-0.39, 0.29) is 5.91 Å². The van der Waals surface area contributed by atoms with Crippen molar-refractivity contribution in [3.63, 3.8) is 0 Å². The van der Waals surface area contributed by atoms with E-state index in [1.807, 2.05) is 29.4 Å². The van der Waals surface area contributed by atoms with Gasteiger partial charge in [-0.05, 0) is 49.7 Å². The molecule has 2 fully saturated rings. The summed E-state index contributed by atoms with van der Waals surface area (Å²) in [6, 6.07) is 8.69. The normalized spacial score (nSPS) is 19.0. The molecule has 33 heavy (non-hydrogen) atoms. The number of fused-ring (bicyclic) bond motifs is 2. The van der Waals surface area contributed by atoms with Gasteiger partial charge in [0.05, 0.1) is 17.3 Å². The van der Waals surface area contributed by atoms with Crippen molar-refractivity contribution in [2.45, 2.75) is 18.9 Å². The molecule has 8 heteroatoms. The van der Waals surface area contributed by atoms with Crippen molar-refractivity contribution in [1.29, 1.82) is 0 Å². The Labute approximate surface area is 192 Å². The smallest absolute Gasteiger partial charge is 0.257 e. The molecule has 2 aliphatic heterocycles. The average Bonchev–Trinajstić information content (AvgIpc) is 3.48. The number of carbonyl (C=O) groups is 1. The molecule has 0 radical (unpaired) electrons. The number of amides is 1. The highest BCUT2D eigenvalue weighted by atomic mass is 16.2. The summed E-state index contributed by atoms with van der Waals surface area (Å²) in [5.41, 5.74) is 4.50. The summed E-state index contributed by atoms with van der Waals surface area (Å²) in [5.74, 6) is 0.0829. The van der Waals surface area contributed by atoms with Gasteiger partial charge in [-0.1, -0.05) is 0 Å². The first-order valence-electron chi connectivity index (χ1n) is 11.8. The average molecular weight is 444 g/mol. The molecule has 0 spiro atoms. The van der Waals surface area contributed by atoms with Gasteiger partial charge in [0.1, 0.15) is 5.65 Å². The lowest BCUT2D eigenvalue weighted by atomic mass is 10.0. The van der Waals surface area contributed by atoms with Crippen molar-refractivity contribution in [3.8, 4) is 11.1 Å². The molecule has 0 aromatic carbocycles. The van der Waals surface area contributed by atoms with Gasteiger partial charge in [0.2, 0.25) is 0 Å². The minimum atomic E-state index is 0.0829. The number of rotatable bonds is 3. The third-order valence-electron chi connectivity index (χ3n) is 7.32. The van der Waals surface area contributed by atoms with Crippen LogP contribution in [-0.4, -0.2) is 92.5 Å². The molecule has 0 bridgehead atoms. The molecule has 0 atom stereocenters. The van der Waals surface area contributed by atoms with Crippen LogP contribution in [0, 0.1) is 0 Å². The first kappa shape index (κ1) is 20.4. The highest BCUT2D eigenvalue weighted by Gasteiger charge is 2.29. The SMILES string of the molecule is CN1CCN(C2CCN(C(=O)c3cnn4ccc(-c5c[nH]c6ncccc56)cc34)CC2)CC1. The van der Waals surface area contributed by atoms with E-state index in [2.05, 4.69) is 44.0 Å². The Morgan fingerprint density at radius 2 is 1.91 bits per heavy atom. The Kier molecular flexibility index (Phi) is 5.11. The molecule has 170 valence electrons. The monoisotopic (exact) mass is 443 g/mol. The Hall–Kier alpha value is -3.23. The Bertz CT molecular complexity index is 1290. The van der Waals surface area contributed by atoms with Gasteiger partial charge in [-0.15, -0.1) is 0 Å². The molecule has 4 aromatic rings. The number of pyridine rings is 2. The number of aromatic amines is 1. The van der Waals surface area contributed by atoms with Crippen LogP contribution in [0.3, 0.4) is 0 Å². The molecule has 0 saturated carbocycles. The Morgan fingerprint density at radius 1 is 1.09 bits per heavy atom. The van der Waals surface area contributed by atoms with Gasteiger partial charge in [0.25, 0.3) is 5.91 Å². The molecule has 2 aliphatic rings. The van der Waals surface area contributed by atoms with Gasteiger partial charge < -0.3 is 14.8 Å². The molecular formula is C25H29N7O. The molecular weight excluding hydrogens is 414 g/mol. The van der Waals surface area contributed by atoms with Gasteiger partial charge >= 0.3 is 0 Å². The van der Waals surface area contributed by atoms with E-state index in [4.69, 9.17) is 0 Å². The lowest BCUT2D eigenvalue weighted by molar-refractivity contribution is 0.0520. The summed E-state index contributed by atoms with van der Waals surface area (Å²) in [6.07, 6.45) is 9.49. The number of hydrogen-bond donors (Lipinski definition) is 1. The van der Waals surface area contributed by atoms with Gasteiger partial charge in [-0.2, -0.15) is 5.10 Å². The van der Waals surface area contributed by atoms with Crippen molar-refractivity contribution in [2.75, 3.05) is 46.3 Å². The highest BCUT2D eigenvalue weighted by Crippen LogP contribution is 2.29. The Morgan fingerprint density at radius 3 is 2.73 bits per heavy atom. The molecule has 6 heterocycles. The van der Waals surface area contributed by atoms with Gasteiger partial charge in [-0.25, -0.2) is 9.50 Å². The highest BCUT2D eigenvalue weighted by molar-refractivity contribution is 6.02. The van der Waals surface area contributed by atoms with Crippen LogP contribution >= 0.6 is 0 Å². The van der Waals surface area contributed by atoms with Crippen LogP contribution in [0.25, 0.3) is 27.7 Å². The fourth-order valence-electron chi connectivity index (χ4n) is 5.30. The standard InChI is InChI=1S/C25H29N7O/c1-29-11-13-30(14-12-29)19-5-8-31(9-6-19)25(33)22-17-28-32-10-4-18(15-23(22)32)21-16-27-24-20(21)3-2-7-26-24/h2-4,7,10,15-17,19H,5-6,8-9,11-14H2,1H3,(H,26,27). The zero-order valence-corrected chi connectivity index (χ0v) is 18.9. The molecule has 6 rings (SSSR count). The topological polar surface area (TPSA) is 72.8 Å². The third kappa shape index (κ3) is 3.69. The number of H-pyrrole nitrogens is 1. The van der Waals surface area contributed by atoms with Crippen LogP contribution in [0.2, 0.25) is 0 Å². The summed E-state index contributed by atoms with van der Waals surface area (Å²) < 4.78 is 1.79. The lowest BCUT2D eigenvalue weighted by Crippen LogP contribution is -2.52. The van der Waals surface area contributed by atoms with Gasteiger partial charge in [-0.3, -0.25) is 9.69 Å². The summed E-state index contributed by atoms with van der Waals surface area (Å²) in [7, 11) is 2.19. The minimum Gasteiger partial charge on any atom is -0.346 e. The molecule has 1 amide bonds. The number of likely N-dealkylation sites (tertiary alicyclic amines) is 1. The van der Waals surface area contributed by atoms with Crippen LogP contribution in [0.5, 0.6) is 0 Å². The van der Waals surface area contributed by atoms with E-state index in [0.717, 1.165) is 79.8 Å². The number of nitrogens with one attached hydrogen (secondary N) is 1. The van der Waals surface area contributed by atoms with Crippen molar-refractivity contribution < 1.29 is 4.79 Å². The third-order valence-corrected chi connectivity index (χ3v) is 7.32. The van der Waals surface area contributed by atoms with E-state index >= 15 is 0 Å². The lowest BCUT2D eigenvalue weighted by Gasteiger charge is -2.42. The summed E-state index contributed by atoms with van der Waals surface area (Å²) in [5, 5.41) is 5.52. The molecule has 0 aliphatic carbocycles. The summed E-state index contributed by atoms with van der Waals surface area (Å²) in [4.78, 5) is 28.1. The second-order valence-electron chi connectivity index (χ2n) is 9.27. The fraction of sp³-hybridized carbons (Fsp3) is 0.400. The number of piperidine rings is 1. The van der Waals surface area contributed by atoms with Gasteiger partial charge in [0.15, 0.2) is 0 Å². The molecule has 2 saturated heterocycles. The predicted octanol–water partition coefficient (Wildman–Crippen LogP) is 2.73. The zero-order valence-electron chi connectivity index (χ0n) is 18.9. The van der Waals surface area contributed by atoms with Crippen LogP contribution in [0.4, 0.5) is 0 Å². The van der Waals surface area contributed by atoms with Gasteiger partial charge in [0, 0.05) is 74.9 Å². The number of likely N-dealkylation sites (N-methyl/N-ethyl adjacent to an activating group) is 1. The summed E-state index contributed by atoms with van der Waals surface area (Å²) in [6.45, 7) is 6.15. The first-order chi connectivity index (χ1) is 16.2. The first-order valence-corrected chi connectivity index (χ1v) is 11.8. The number of carbonyl (C=O) groups excluding carboxylic acids is 1. The largest absolute Gasteiger partial charge is 0.346 e. The second kappa shape index (κ2) is 8.28. The number of hydrogen-bond acceptors (Lipinski definition) is 5. The summed E-state index contributed by atoms with van der Waals surface area (Å²) >= 11 is 0. The van der Waals surface area contributed by atoms with Crippen LogP contribution in [0.15, 0.2) is 49.1 Å². The van der Waals surface area contributed by atoms with E-state index < -0.39 is 0 Å². The van der Waals surface area contributed by atoms with Crippen molar-refractivity contribution in [2.24, 2.45) is 0 Å². The van der Waals surface area contributed by atoms with Crippen molar-refractivity contribution >= 4 is 22.5 Å². The Balaban J connectivity index is 1.22. The van der Waals surface area contributed by atoms with Crippen molar-refractivity contribution in [1.82, 2.24) is 34.3 Å². The number of piperazine rings is 1. The molecule has 8 nitrogen and oxygen atoms in total. The zero-order chi connectivity index (χ0) is 22.4.